The molecule has 0 saturated heterocycles. The summed E-state index contributed by atoms with van der Waals surface area (Å²) in [6.07, 6.45) is 0. The lowest BCUT2D eigenvalue weighted by Gasteiger charge is -2.18. The van der Waals surface area contributed by atoms with Crippen LogP contribution in [0.3, 0.4) is 0 Å². The highest BCUT2D eigenvalue weighted by molar-refractivity contribution is 9.10. The van der Waals surface area contributed by atoms with Crippen molar-refractivity contribution in [1.29, 1.82) is 0 Å². The number of rotatable bonds is 5. The van der Waals surface area contributed by atoms with E-state index in [9.17, 15) is 0 Å². The summed E-state index contributed by atoms with van der Waals surface area (Å²) in [6.45, 7) is 7.20. The van der Waals surface area contributed by atoms with Crippen LogP contribution in [0, 0.1) is 13.8 Å². The smallest absolute Gasteiger partial charge is 0.123 e. The van der Waals surface area contributed by atoms with E-state index in [-0.39, 0.29) is 6.04 Å². The van der Waals surface area contributed by atoms with Crippen molar-refractivity contribution in [3.63, 3.8) is 0 Å². The first-order valence-electron chi connectivity index (χ1n) is 7.14. The zero-order chi connectivity index (χ0) is 15.4. The quantitative estimate of drug-likeness (QED) is 0.828. The van der Waals surface area contributed by atoms with Gasteiger partial charge in [-0.15, -0.1) is 0 Å². The molecule has 2 nitrogen and oxygen atoms in total. The molecule has 0 bridgehead atoms. The van der Waals surface area contributed by atoms with Crippen LogP contribution in [0.1, 0.15) is 35.2 Å². The van der Waals surface area contributed by atoms with Crippen LogP contribution in [0.25, 0.3) is 0 Å². The van der Waals surface area contributed by atoms with Gasteiger partial charge in [-0.05, 0) is 44.0 Å². The molecule has 0 amide bonds. The molecule has 2 aromatic carbocycles. The maximum absolute atomic E-state index is 5.46. The van der Waals surface area contributed by atoms with E-state index in [4.69, 9.17) is 4.74 Å². The second-order valence-corrected chi connectivity index (χ2v) is 6.29. The van der Waals surface area contributed by atoms with Crippen LogP contribution < -0.4 is 10.1 Å². The molecule has 0 aliphatic rings. The van der Waals surface area contributed by atoms with Gasteiger partial charge in [0.2, 0.25) is 0 Å². The van der Waals surface area contributed by atoms with Crippen molar-refractivity contribution in [1.82, 2.24) is 5.32 Å². The summed E-state index contributed by atoms with van der Waals surface area (Å²) in [5, 5.41) is 3.56. The lowest BCUT2D eigenvalue weighted by molar-refractivity contribution is 0.401. The minimum atomic E-state index is 0.236. The van der Waals surface area contributed by atoms with Gasteiger partial charge in [0.05, 0.1) is 7.11 Å². The first kappa shape index (κ1) is 16.1. The highest BCUT2D eigenvalue weighted by Crippen LogP contribution is 2.26. The average molecular weight is 348 g/mol. The minimum absolute atomic E-state index is 0.236. The number of aryl methyl sites for hydroxylation is 2. The monoisotopic (exact) mass is 347 g/mol. The van der Waals surface area contributed by atoms with Gasteiger partial charge < -0.3 is 10.1 Å². The number of halogens is 1. The zero-order valence-corrected chi connectivity index (χ0v) is 14.6. The van der Waals surface area contributed by atoms with E-state index in [0.29, 0.717) is 0 Å². The van der Waals surface area contributed by atoms with E-state index in [0.717, 1.165) is 16.8 Å². The summed E-state index contributed by atoms with van der Waals surface area (Å²) < 4.78 is 6.62. The number of benzene rings is 2. The van der Waals surface area contributed by atoms with E-state index >= 15 is 0 Å². The summed E-state index contributed by atoms with van der Waals surface area (Å²) in [4.78, 5) is 0. The number of nitrogens with one attached hydrogen (secondary N) is 1. The maximum Gasteiger partial charge on any atom is 0.123 e. The number of hydrogen-bond acceptors (Lipinski definition) is 2. The molecular weight excluding hydrogens is 326 g/mol. The van der Waals surface area contributed by atoms with Crippen molar-refractivity contribution >= 4 is 15.9 Å². The molecule has 0 aromatic heterocycles. The van der Waals surface area contributed by atoms with Crippen LogP contribution >= 0.6 is 15.9 Å². The van der Waals surface area contributed by atoms with Gasteiger partial charge in [-0.25, -0.2) is 0 Å². The normalized spacial score (nSPS) is 12.2. The fraction of sp³-hybridized carbons (Fsp3) is 0.333. The Morgan fingerprint density at radius 1 is 1.14 bits per heavy atom. The minimum Gasteiger partial charge on any atom is -0.496 e. The molecule has 1 N–H and O–H groups in total. The van der Waals surface area contributed by atoms with Gasteiger partial charge >= 0.3 is 0 Å². The van der Waals surface area contributed by atoms with Gasteiger partial charge in [0.15, 0.2) is 0 Å². The molecule has 0 fully saturated rings. The van der Waals surface area contributed by atoms with E-state index in [2.05, 4.69) is 72.3 Å². The van der Waals surface area contributed by atoms with E-state index in [1.165, 1.54) is 22.3 Å². The highest BCUT2D eigenvalue weighted by Gasteiger charge is 2.11. The van der Waals surface area contributed by atoms with Crippen LogP contribution in [0.15, 0.2) is 40.9 Å². The van der Waals surface area contributed by atoms with Crippen molar-refractivity contribution in [2.75, 3.05) is 7.11 Å². The molecule has 0 aliphatic carbocycles. The zero-order valence-electron chi connectivity index (χ0n) is 13.0. The second kappa shape index (κ2) is 7.10. The highest BCUT2D eigenvalue weighted by atomic mass is 79.9. The molecule has 1 atom stereocenters. The molecule has 0 heterocycles. The molecule has 2 aromatic rings. The maximum atomic E-state index is 5.46. The third-order valence-electron chi connectivity index (χ3n) is 3.70. The van der Waals surface area contributed by atoms with Gasteiger partial charge in [0.25, 0.3) is 0 Å². The van der Waals surface area contributed by atoms with Gasteiger partial charge in [0, 0.05) is 22.6 Å². The molecule has 2 rings (SSSR count). The Balaban J connectivity index is 2.09. The van der Waals surface area contributed by atoms with Crippen LogP contribution in [0.5, 0.6) is 5.75 Å². The van der Waals surface area contributed by atoms with Crippen LogP contribution in [-0.4, -0.2) is 7.11 Å². The molecule has 112 valence electrons. The number of hydrogen-bond donors (Lipinski definition) is 1. The molecule has 0 aliphatic heterocycles. The summed E-state index contributed by atoms with van der Waals surface area (Å²) in [5.41, 5.74) is 4.97. The first-order chi connectivity index (χ1) is 10.0. The predicted molar refractivity (Wildman–Crippen MR) is 91.9 cm³/mol. The fourth-order valence-electron chi connectivity index (χ4n) is 2.32. The molecule has 3 heteroatoms. The molecule has 0 saturated carbocycles. The average Bonchev–Trinajstić information content (AvgIpc) is 2.48. The standard InChI is InChI=1S/C18H22BrNO/c1-12-5-8-18(21-4)16(9-12)14(3)20-11-15-7-6-13(2)17(19)10-15/h5-10,14,20H,11H2,1-4H3. The number of ether oxygens (including phenoxy) is 1. The molecule has 1 unspecified atom stereocenters. The van der Waals surface area contributed by atoms with Crippen LogP contribution in [0.4, 0.5) is 0 Å². The van der Waals surface area contributed by atoms with Crippen molar-refractivity contribution in [3.8, 4) is 5.75 Å². The summed E-state index contributed by atoms with van der Waals surface area (Å²) in [7, 11) is 1.72. The van der Waals surface area contributed by atoms with E-state index < -0.39 is 0 Å². The number of methoxy groups -OCH3 is 1. The Bertz CT molecular complexity index is 625. The molecule has 0 radical (unpaired) electrons. The topological polar surface area (TPSA) is 21.3 Å². The first-order valence-corrected chi connectivity index (χ1v) is 7.93. The summed E-state index contributed by atoms with van der Waals surface area (Å²) >= 11 is 3.58. The predicted octanol–water partition coefficient (Wildman–Crippen LogP) is 4.93. The summed E-state index contributed by atoms with van der Waals surface area (Å²) in [6, 6.07) is 13.0. The van der Waals surface area contributed by atoms with Crippen LogP contribution in [0.2, 0.25) is 0 Å². The van der Waals surface area contributed by atoms with Crippen molar-refractivity contribution in [2.45, 2.75) is 33.4 Å². The van der Waals surface area contributed by atoms with Crippen molar-refractivity contribution in [2.24, 2.45) is 0 Å². The van der Waals surface area contributed by atoms with Crippen LogP contribution in [-0.2, 0) is 6.54 Å². The lowest BCUT2D eigenvalue weighted by atomic mass is 10.0. The fourth-order valence-corrected chi connectivity index (χ4v) is 2.75. The second-order valence-electron chi connectivity index (χ2n) is 5.43. The lowest BCUT2D eigenvalue weighted by Crippen LogP contribution is -2.19. The van der Waals surface area contributed by atoms with Gasteiger partial charge in [0.1, 0.15) is 5.75 Å². The summed E-state index contributed by atoms with van der Waals surface area (Å²) in [5.74, 6) is 0.936. The van der Waals surface area contributed by atoms with Gasteiger partial charge in [-0.3, -0.25) is 0 Å². The Morgan fingerprint density at radius 2 is 1.90 bits per heavy atom. The Morgan fingerprint density at radius 3 is 2.57 bits per heavy atom. The Hall–Kier alpha value is -1.32. The molecule has 21 heavy (non-hydrogen) atoms. The van der Waals surface area contributed by atoms with Gasteiger partial charge in [-0.1, -0.05) is 45.8 Å². The van der Waals surface area contributed by atoms with Crippen molar-refractivity contribution in [3.05, 3.63) is 63.1 Å². The van der Waals surface area contributed by atoms with E-state index in [1.807, 2.05) is 6.07 Å². The largest absolute Gasteiger partial charge is 0.496 e. The SMILES string of the molecule is COc1ccc(C)cc1C(C)NCc1ccc(C)c(Br)c1. The van der Waals surface area contributed by atoms with Gasteiger partial charge in [-0.2, -0.15) is 0 Å². The molecule has 0 spiro atoms. The Kier molecular flexibility index (Phi) is 5.43. The molecular formula is C18H22BrNO. The van der Waals surface area contributed by atoms with Crippen molar-refractivity contribution < 1.29 is 4.74 Å². The Labute approximate surface area is 135 Å². The van der Waals surface area contributed by atoms with E-state index in [1.54, 1.807) is 7.11 Å². The third kappa shape index (κ3) is 4.08. The third-order valence-corrected chi connectivity index (χ3v) is 4.55.